The third-order valence-corrected chi connectivity index (χ3v) is 8.25. The van der Waals surface area contributed by atoms with Gasteiger partial charge in [0.1, 0.15) is 0 Å². The molecule has 2 aliphatic heterocycles. The van der Waals surface area contributed by atoms with Crippen LogP contribution >= 0.6 is 0 Å². The van der Waals surface area contributed by atoms with Gasteiger partial charge in [-0.25, -0.2) is 13.2 Å². The van der Waals surface area contributed by atoms with E-state index in [1.54, 1.807) is 17.0 Å². The molecule has 3 amide bonds. The number of hydrogen-bond donors (Lipinski definition) is 1. The number of nitrogens with zero attached hydrogens (tertiary/aromatic N) is 3. The smallest absolute Gasteiger partial charge is 0.317 e. The van der Waals surface area contributed by atoms with E-state index >= 15 is 0 Å². The molecule has 0 atom stereocenters. The molecule has 4 rings (SSSR count). The van der Waals surface area contributed by atoms with Crippen molar-refractivity contribution in [3.05, 3.63) is 71.3 Å². The fourth-order valence-corrected chi connectivity index (χ4v) is 5.90. The van der Waals surface area contributed by atoms with E-state index in [0.717, 1.165) is 37.1 Å². The fraction of sp³-hybridized carbons (Fsp3) is 0.440. The number of likely N-dealkylation sites (tertiary alicyclic amines) is 1. The average Bonchev–Trinajstić information content (AvgIpc) is 2.88. The topological polar surface area (TPSA) is 90.0 Å². The molecule has 2 aromatic rings. The molecule has 2 aliphatic rings. The van der Waals surface area contributed by atoms with Gasteiger partial charge in [0.2, 0.25) is 10.0 Å². The van der Waals surface area contributed by atoms with Gasteiger partial charge in [0, 0.05) is 51.4 Å². The monoisotopic (exact) mass is 484 g/mol. The molecule has 2 aromatic carbocycles. The zero-order chi connectivity index (χ0) is 24.0. The van der Waals surface area contributed by atoms with E-state index in [-0.39, 0.29) is 30.8 Å². The Bertz CT molecular complexity index is 1080. The summed E-state index contributed by atoms with van der Waals surface area (Å²) in [4.78, 5) is 28.7. The van der Waals surface area contributed by atoms with Crippen LogP contribution in [0.2, 0.25) is 0 Å². The first-order chi connectivity index (χ1) is 16.4. The van der Waals surface area contributed by atoms with Gasteiger partial charge in [-0.05, 0) is 42.5 Å². The van der Waals surface area contributed by atoms with Crippen LogP contribution < -0.4 is 5.32 Å². The molecule has 0 spiro atoms. The Labute approximate surface area is 201 Å². The molecule has 9 heteroatoms. The van der Waals surface area contributed by atoms with Crippen LogP contribution in [-0.4, -0.2) is 73.7 Å². The Morgan fingerprint density at radius 2 is 1.38 bits per heavy atom. The van der Waals surface area contributed by atoms with Gasteiger partial charge in [-0.15, -0.1) is 0 Å². The summed E-state index contributed by atoms with van der Waals surface area (Å²) in [6.45, 7) is 3.26. The first kappa shape index (κ1) is 24.2. The Morgan fingerprint density at radius 3 is 2.03 bits per heavy atom. The second kappa shape index (κ2) is 11.0. The largest absolute Gasteiger partial charge is 0.339 e. The summed E-state index contributed by atoms with van der Waals surface area (Å²) in [6, 6.07) is 16.3. The van der Waals surface area contributed by atoms with Crippen molar-refractivity contribution in [2.24, 2.45) is 0 Å². The molecular formula is C25H32N4O4S. The van der Waals surface area contributed by atoms with Crippen molar-refractivity contribution in [2.45, 2.75) is 31.6 Å². The number of piperazine rings is 1. The predicted molar refractivity (Wildman–Crippen MR) is 131 cm³/mol. The minimum atomic E-state index is -3.42. The Morgan fingerprint density at radius 1 is 0.735 bits per heavy atom. The molecule has 0 aromatic heterocycles. The quantitative estimate of drug-likeness (QED) is 0.683. The van der Waals surface area contributed by atoms with Gasteiger partial charge in [0.15, 0.2) is 0 Å². The van der Waals surface area contributed by atoms with Crippen LogP contribution in [0.3, 0.4) is 0 Å². The van der Waals surface area contributed by atoms with Crippen molar-refractivity contribution in [3.63, 3.8) is 0 Å². The van der Waals surface area contributed by atoms with E-state index in [9.17, 15) is 18.0 Å². The lowest BCUT2D eigenvalue weighted by Gasteiger charge is -2.34. The molecule has 0 saturated carbocycles. The summed E-state index contributed by atoms with van der Waals surface area (Å²) in [5, 5.41) is 2.90. The van der Waals surface area contributed by atoms with E-state index in [4.69, 9.17) is 0 Å². The number of sulfonamides is 1. The highest BCUT2D eigenvalue weighted by atomic mass is 32.2. The molecule has 2 heterocycles. The van der Waals surface area contributed by atoms with Crippen molar-refractivity contribution in [1.29, 1.82) is 0 Å². The molecule has 0 radical (unpaired) electrons. The molecule has 0 bridgehead atoms. The molecule has 2 fully saturated rings. The van der Waals surface area contributed by atoms with Crippen LogP contribution in [0.15, 0.2) is 54.6 Å². The average molecular weight is 485 g/mol. The van der Waals surface area contributed by atoms with Gasteiger partial charge < -0.3 is 15.1 Å². The lowest BCUT2D eigenvalue weighted by atomic mass is 10.1. The number of urea groups is 1. The summed E-state index contributed by atoms with van der Waals surface area (Å²) in [7, 11) is -3.42. The van der Waals surface area contributed by atoms with Gasteiger partial charge in [0.25, 0.3) is 5.91 Å². The van der Waals surface area contributed by atoms with E-state index in [2.05, 4.69) is 5.32 Å². The second-order valence-electron chi connectivity index (χ2n) is 8.84. The maximum Gasteiger partial charge on any atom is 0.317 e. The molecule has 2 saturated heterocycles. The number of nitrogens with one attached hydrogen (secondary N) is 1. The van der Waals surface area contributed by atoms with Crippen LogP contribution in [0, 0.1) is 0 Å². The lowest BCUT2D eigenvalue weighted by molar-refractivity contribution is 0.0724. The zero-order valence-electron chi connectivity index (χ0n) is 19.4. The Hall–Kier alpha value is -2.91. The highest BCUT2D eigenvalue weighted by Crippen LogP contribution is 2.15. The van der Waals surface area contributed by atoms with Crippen molar-refractivity contribution in [1.82, 2.24) is 19.4 Å². The predicted octanol–water partition coefficient (Wildman–Crippen LogP) is 2.67. The van der Waals surface area contributed by atoms with E-state index in [1.807, 2.05) is 47.4 Å². The van der Waals surface area contributed by atoms with Gasteiger partial charge in [0.05, 0.1) is 5.75 Å². The van der Waals surface area contributed by atoms with Gasteiger partial charge >= 0.3 is 6.03 Å². The van der Waals surface area contributed by atoms with Gasteiger partial charge in [-0.1, -0.05) is 42.5 Å². The van der Waals surface area contributed by atoms with E-state index < -0.39 is 10.0 Å². The maximum atomic E-state index is 12.7. The number of benzene rings is 2. The number of amides is 3. The maximum absolute atomic E-state index is 12.7. The van der Waals surface area contributed by atoms with Crippen LogP contribution in [0.4, 0.5) is 4.79 Å². The zero-order valence-corrected chi connectivity index (χ0v) is 20.2. The molecule has 0 aliphatic carbocycles. The number of rotatable bonds is 6. The summed E-state index contributed by atoms with van der Waals surface area (Å²) in [5.41, 5.74) is 2.34. The number of piperidine rings is 1. The van der Waals surface area contributed by atoms with Crippen molar-refractivity contribution < 1.29 is 18.0 Å². The van der Waals surface area contributed by atoms with Crippen LogP contribution in [-0.2, 0) is 22.3 Å². The first-order valence-electron chi connectivity index (χ1n) is 11.9. The van der Waals surface area contributed by atoms with Crippen LogP contribution in [0.25, 0.3) is 0 Å². The standard InChI is InChI=1S/C25H32N4O4S/c30-24(27-13-5-2-6-14-27)23-11-9-21(10-12-23)19-26-25(31)28-15-17-29(18-16-28)34(32,33)20-22-7-3-1-4-8-22/h1,3-4,7-12H,2,5-6,13-20H2,(H,26,31). The normalized spacial score (nSPS) is 17.4. The highest BCUT2D eigenvalue weighted by Gasteiger charge is 2.29. The molecule has 0 unspecified atom stereocenters. The van der Waals surface area contributed by atoms with Crippen molar-refractivity contribution in [2.75, 3.05) is 39.3 Å². The summed E-state index contributed by atoms with van der Waals surface area (Å²) in [5.74, 6) is 0.0337. The van der Waals surface area contributed by atoms with Crippen molar-refractivity contribution in [3.8, 4) is 0 Å². The molecule has 34 heavy (non-hydrogen) atoms. The van der Waals surface area contributed by atoms with Gasteiger partial charge in [-0.2, -0.15) is 4.31 Å². The minimum absolute atomic E-state index is 0.0315. The van der Waals surface area contributed by atoms with E-state index in [0.29, 0.717) is 25.2 Å². The minimum Gasteiger partial charge on any atom is -0.339 e. The SMILES string of the molecule is O=C(NCc1ccc(C(=O)N2CCCCC2)cc1)N1CCN(S(=O)(=O)Cc2ccccc2)CC1. The number of carbonyl (C=O) groups is 2. The molecular weight excluding hydrogens is 452 g/mol. The Kier molecular flexibility index (Phi) is 7.84. The molecule has 182 valence electrons. The fourth-order valence-electron chi connectivity index (χ4n) is 4.38. The second-order valence-corrected chi connectivity index (χ2v) is 10.8. The third kappa shape index (κ3) is 6.15. The highest BCUT2D eigenvalue weighted by molar-refractivity contribution is 7.88. The van der Waals surface area contributed by atoms with Crippen LogP contribution in [0.5, 0.6) is 0 Å². The van der Waals surface area contributed by atoms with Gasteiger partial charge in [-0.3, -0.25) is 4.79 Å². The first-order valence-corrected chi connectivity index (χ1v) is 13.5. The summed E-state index contributed by atoms with van der Waals surface area (Å²) < 4.78 is 26.9. The number of carbonyl (C=O) groups excluding carboxylic acids is 2. The summed E-state index contributed by atoms with van der Waals surface area (Å²) >= 11 is 0. The Balaban J connectivity index is 1.23. The third-order valence-electron chi connectivity index (χ3n) is 6.40. The number of hydrogen-bond acceptors (Lipinski definition) is 4. The van der Waals surface area contributed by atoms with E-state index in [1.165, 1.54) is 10.7 Å². The summed E-state index contributed by atoms with van der Waals surface area (Å²) in [6.07, 6.45) is 3.30. The molecule has 8 nitrogen and oxygen atoms in total. The van der Waals surface area contributed by atoms with Crippen LogP contribution in [0.1, 0.15) is 40.7 Å². The van der Waals surface area contributed by atoms with Crippen molar-refractivity contribution >= 4 is 22.0 Å². The molecule has 1 N–H and O–H groups in total. The lowest BCUT2D eigenvalue weighted by Crippen LogP contribution is -2.53.